The van der Waals surface area contributed by atoms with Crippen LogP contribution in [0.15, 0.2) is 0 Å². The Labute approximate surface area is 216 Å². The Morgan fingerprint density at radius 3 is 2.13 bits per heavy atom. The second-order valence-corrected chi connectivity index (χ2v) is 21.5. The zero-order valence-electron chi connectivity index (χ0n) is 19.3. The van der Waals surface area contributed by atoms with Gasteiger partial charge in [0.1, 0.15) is 5.54 Å². The van der Waals surface area contributed by atoms with E-state index in [1.807, 2.05) is 11.8 Å². The van der Waals surface area contributed by atoms with Gasteiger partial charge in [-0.3, -0.25) is 14.5 Å². The van der Waals surface area contributed by atoms with E-state index in [1.54, 1.807) is 20.9 Å². The first kappa shape index (κ1) is 27.7. The predicted octanol–water partition coefficient (Wildman–Crippen LogP) is 5.27. The fourth-order valence-electron chi connectivity index (χ4n) is 5.09. The summed E-state index contributed by atoms with van der Waals surface area (Å²) in [6.45, 7) is 7.66. The number of imide groups is 1. The molecule has 31 heavy (non-hydrogen) atoms. The van der Waals surface area contributed by atoms with Crippen molar-refractivity contribution in [2.24, 2.45) is 17.8 Å². The second-order valence-electron chi connectivity index (χ2n) is 9.74. The van der Waals surface area contributed by atoms with E-state index in [2.05, 4.69) is 40.0 Å². The van der Waals surface area contributed by atoms with Crippen molar-refractivity contribution in [3.05, 3.63) is 0 Å². The van der Waals surface area contributed by atoms with Gasteiger partial charge in [-0.1, -0.05) is 32.6 Å². The average molecular weight is 696 g/mol. The van der Waals surface area contributed by atoms with Crippen LogP contribution in [-0.4, -0.2) is 64.8 Å². The molecule has 3 aliphatic rings. The molecule has 3 rings (SSSR count). The summed E-state index contributed by atoms with van der Waals surface area (Å²) in [6, 6.07) is -0.244. The minimum atomic E-state index is -0.811. The molecule has 0 N–H and O–H groups in total. The fraction of sp³-hybridized carbons (Fsp3) is 0.864. The Kier molecular flexibility index (Phi) is 11.4. The van der Waals surface area contributed by atoms with Crippen LogP contribution in [-0.2, 0) is 19.1 Å². The van der Waals surface area contributed by atoms with Gasteiger partial charge in [-0.15, -0.1) is 0 Å². The number of hydrogen-bond acceptors (Lipinski definition) is 3. The molecule has 0 aromatic carbocycles. The van der Waals surface area contributed by atoms with Crippen molar-refractivity contribution in [2.75, 3.05) is 26.7 Å². The number of likely N-dealkylation sites (N-methyl/N-ethyl adjacent to an activating group) is 1. The first-order valence-electron chi connectivity index (χ1n) is 11.5. The summed E-state index contributed by atoms with van der Waals surface area (Å²) < 4.78 is 0. The molecule has 0 unspecified atom stereocenters. The number of hydrogen-bond donors (Lipinski definition) is 0. The number of rotatable bonds is 6. The van der Waals surface area contributed by atoms with Crippen LogP contribution < -0.4 is 0 Å². The molecule has 3 fully saturated rings. The van der Waals surface area contributed by atoms with Crippen LogP contribution in [0.3, 0.4) is 0 Å². The standard InChI is InChI=1S/C22H37N3O3.2HI.V/c1-16(15-25-20(27)22(2,3)23(4)21(25)28)18(14-17-10-6-7-11-17)19(26)24-12-8-5-9-13-24;;;/h16-18H,5-15H2,1-4H3;2*1H;/q;;;+2/p-2/t16-,18+;;;/m0.../s1. The van der Waals surface area contributed by atoms with Crippen molar-refractivity contribution in [3.63, 3.8) is 0 Å². The molecule has 2 aliphatic heterocycles. The predicted molar refractivity (Wildman–Crippen MR) is 137 cm³/mol. The quantitative estimate of drug-likeness (QED) is 0.281. The number of nitrogens with zero attached hydrogens (tertiary/aromatic N) is 3. The molecule has 177 valence electrons. The molecule has 0 radical (unpaired) electrons. The van der Waals surface area contributed by atoms with Crippen LogP contribution >= 0.6 is 40.0 Å². The van der Waals surface area contributed by atoms with Gasteiger partial charge in [-0.05, 0) is 51.4 Å². The number of likely N-dealkylation sites (tertiary alicyclic amines) is 1. The molecule has 6 nitrogen and oxygen atoms in total. The molecular weight excluding hydrogens is 659 g/mol. The minimum absolute atomic E-state index is 0.0229. The summed E-state index contributed by atoms with van der Waals surface area (Å²) in [5.74, 6) is 0.564. The molecule has 0 bridgehead atoms. The molecule has 4 amide bonds. The first-order valence-corrected chi connectivity index (χ1v) is 20.5. The molecule has 2 heterocycles. The third-order valence-electron chi connectivity index (χ3n) is 7.33. The van der Waals surface area contributed by atoms with Crippen molar-refractivity contribution in [3.8, 4) is 0 Å². The van der Waals surface area contributed by atoms with Crippen LogP contribution in [0.1, 0.15) is 72.1 Å². The topological polar surface area (TPSA) is 60.9 Å². The maximum atomic E-state index is 13.4. The van der Waals surface area contributed by atoms with Gasteiger partial charge in [0.2, 0.25) is 5.91 Å². The fourth-order valence-corrected chi connectivity index (χ4v) is 5.09. The summed E-state index contributed by atoms with van der Waals surface area (Å²) in [5, 5.41) is 0. The molecule has 1 aliphatic carbocycles. The van der Waals surface area contributed by atoms with Crippen molar-refractivity contribution in [1.29, 1.82) is 0 Å². The van der Waals surface area contributed by atoms with Gasteiger partial charge in [0.15, 0.2) is 0 Å². The number of urea groups is 1. The van der Waals surface area contributed by atoms with Crippen molar-refractivity contribution >= 4 is 57.8 Å². The molecule has 0 aromatic heterocycles. The van der Waals surface area contributed by atoms with Crippen molar-refractivity contribution in [2.45, 2.75) is 77.7 Å². The van der Waals surface area contributed by atoms with Gasteiger partial charge < -0.3 is 9.80 Å². The number of amides is 4. The zero-order chi connectivity index (χ0) is 23.2. The van der Waals surface area contributed by atoms with Gasteiger partial charge in [-0.25, -0.2) is 4.79 Å². The Hall–Kier alpha value is 0.454. The SMILES string of the molecule is C[C@@H](CN1C(=O)N(C)C(C)(C)C1=O)[C@@H](CC1CCCC1)C(=O)N1CCCCC1.[I][V][I]. The van der Waals surface area contributed by atoms with E-state index in [1.165, 1.54) is 41.9 Å². The van der Waals surface area contributed by atoms with E-state index in [0.29, 0.717) is 21.9 Å². The van der Waals surface area contributed by atoms with Gasteiger partial charge in [0, 0.05) is 32.6 Å². The molecule has 0 aromatic rings. The van der Waals surface area contributed by atoms with E-state index in [0.717, 1.165) is 32.4 Å². The normalized spacial score (nSPS) is 23.5. The summed E-state index contributed by atoms with van der Waals surface area (Å²) >= 11 is 4.74. The molecule has 1 saturated carbocycles. The summed E-state index contributed by atoms with van der Waals surface area (Å²) in [5.41, 5.74) is -0.811. The second kappa shape index (κ2) is 12.8. The third kappa shape index (κ3) is 6.98. The molecule has 0 spiro atoms. The Morgan fingerprint density at radius 1 is 1.10 bits per heavy atom. The van der Waals surface area contributed by atoms with E-state index >= 15 is 0 Å². The Balaban J connectivity index is 0.00000107. The summed E-state index contributed by atoms with van der Waals surface area (Å²) in [7, 11) is 2.31. The Morgan fingerprint density at radius 2 is 1.65 bits per heavy atom. The van der Waals surface area contributed by atoms with Crippen molar-refractivity contribution in [1.82, 2.24) is 14.7 Å². The van der Waals surface area contributed by atoms with E-state index in [-0.39, 0.29) is 29.7 Å². The molecular formula is C22H37I2N3O3V. The van der Waals surface area contributed by atoms with Gasteiger partial charge in [-0.2, -0.15) is 0 Å². The van der Waals surface area contributed by atoms with Crippen LogP contribution in [0, 0.1) is 17.8 Å². The Bertz CT molecular complexity index is 637. The van der Waals surface area contributed by atoms with E-state index in [4.69, 9.17) is 0 Å². The first-order chi connectivity index (χ1) is 14.6. The third-order valence-corrected chi connectivity index (χ3v) is 7.33. The molecule has 9 heteroatoms. The van der Waals surface area contributed by atoms with Crippen LogP contribution in [0.25, 0.3) is 0 Å². The van der Waals surface area contributed by atoms with Crippen LogP contribution in [0.2, 0.25) is 0 Å². The van der Waals surface area contributed by atoms with Crippen LogP contribution in [0.4, 0.5) is 4.79 Å². The van der Waals surface area contributed by atoms with E-state index in [9.17, 15) is 14.4 Å². The zero-order valence-corrected chi connectivity index (χ0v) is 25.0. The number of carbonyl (C=O) groups excluding carboxylic acids is 3. The van der Waals surface area contributed by atoms with Gasteiger partial charge in [0.05, 0.1) is 0 Å². The van der Waals surface area contributed by atoms with Gasteiger partial charge in [0.25, 0.3) is 5.91 Å². The van der Waals surface area contributed by atoms with E-state index < -0.39 is 5.54 Å². The summed E-state index contributed by atoms with van der Waals surface area (Å²) in [6.07, 6.45) is 9.17. The summed E-state index contributed by atoms with van der Waals surface area (Å²) in [4.78, 5) is 43.7. The number of piperidine rings is 1. The number of carbonyl (C=O) groups is 3. The van der Waals surface area contributed by atoms with Crippen molar-refractivity contribution < 1.29 is 23.8 Å². The molecule has 2 atom stereocenters. The average Bonchev–Trinajstić information content (AvgIpc) is 3.32. The van der Waals surface area contributed by atoms with Crippen LogP contribution in [0.5, 0.6) is 0 Å². The van der Waals surface area contributed by atoms with Gasteiger partial charge >= 0.3 is 55.5 Å². The monoisotopic (exact) mass is 696 g/mol. The maximum absolute atomic E-state index is 13.4. The molecule has 2 saturated heterocycles. The number of halogens is 2.